The van der Waals surface area contributed by atoms with Gasteiger partial charge in [0.15, 0.2) is 0 Å². The molecule has 1 saturated carbocycles. The number of aromatic nitrogens is 1. The number of hydrogen-bond donors (Lipinski definition) is 1. The van der Waals surface area contributed by atoms with Crippen LogP contribution in [0.15, 0.2) is 72.9 Å². The third-order valence-corrected chi connectivity index (χ3v) is 4.94. The zero-order chi connectivity index (χ0) is 18.0. The number of ether oxygens (including phenoxy) is 1. The van der Waals surface area contributed by atoms with Crippen LogP contribution >= 0.6 is 0 Å². The number of anilines is 1. The summed E-state index contributed by atoms with van der Waals surface area (Å²) in [6.45, 7) is 0. The zero-order valence-electron chi connectivity index (χ0n) is 14.6. The van der Waals surface area contributed by atoms with Gasteiger partial charge in [0, 0.05) is 11.8 Å². The Hall–Kier alpha value is -3.14. The van der Waals surface area contributed by atoms with Crippen LogP contribution in [0.3, 0.4) is 0 Å². The summed E-state index contributed by atoms with van der Waals surface area (Å²) < 4.78 is 5.20. The minimum Gasteiger partial charge on any atom is -0.497 e. The Labute approximate surface area is 152 Å². The lowest BCUT2D eigenvalue weighted by Crippen LogP contribution is -2.28. The van der Waals surface area contributed by atoms with Crippen molar-refractivity contribution in [2.45, 2.75) is 18.3 Å². The monoisotopic (exact) mass is 344 g/mol. The number of rotatable bonds is 5. The lowest BCUT2D eigenvalue weighted by atomic mass is 9.95. The molecular weight excluding hydrogens is 324 g/mol. The van der Waals surface area contributed by atoms with Gasteiger partial charge in [-0.15, -0.1) is 0 Å². The van der Waals surface area contributed by atoms with Crippen molar-refractivity contribution in [1.29, 1.82) is 0 Å². The first kappa shape index (κ1) is 16.3. The van der Waals surface area contributed by atoms with Gasteiger partial charge in [-0.3, -0.25) is 4.79 Å². The van der Waals surface area contributed by atoms with Crippen molar-refractivity contribution in [2.24, 2.45) is 0 Å². The maximum Gasteiger partial charge on any atom is 0.236 e. The smallest absolute Gasteiger partial charge is 0.236 e. The minimum atomic E-state index is -0.438. The molecule has 4 nitrogen and oxygen atoms in total. The van der Waals surface area contributed by atoms with E-state index in [1.807, 2.05) is 66.7 Å². The second-order valence-corrected chi connectivity index (χ2v) is 6.56. The van der Waals surface area contributed by atoms with Crippen molar-refractivity contribution in [1.82, 2.24) is 4.98 Å². The summed E-state index contributed by atoms with van der Waals surface area (Å²) in [7, 11) is 1.64. The molecule has 0 bridgehead atoms. The molecule has 4 heteroatoms. The Balaban J connectivity index is 1.49. The van der Waals surface area contributed by atoms with E-state index in [-0.39, 0.29) is 5.91 Å². The van der Waals surface area contributed by atoms with Gasteiger partial charge in [0.25, 0.3) is 0 Å². The molecule has 3 aromatic rings. The molecule has 1 heterocycles. The van der Waals surface area contributed by atoms with Crippen molar-refractivity contribution in [3.63, 3.8) is 0 Å². The highest BCUT2D eigenvalue weighted by Gasteiger charge is 2.51. The minimum absolute atomic E-state index is 0.00243. The summed E-state index contributed by atoms with van der Waals surface area (Å²) in [5.41, 5.74) is 2.72. The Morgan fingerprint density at radius 3 is 2.27 bits per heavy atom. The van der Waals surface area contributed by atoms with Gasteiger partial charge in [-0.2, -0.15) is 0 Å². The van der Waals surface area contributed by atoms with Gasteiger partial charge >= 0.3 is 0 Å². The van der Waals surface area contributed by atoms with Gasteiger partial charge in [0.2, 0.25) is 5.91 Å². The van der Waals surface area contributed by atoms with E-state index >= 15 is 0 Å². The van der Waals surface area contributed by atoms with E-state index in [0.717, 1.165) is 35.3 Å². The Kier molecular flexibility index (Phi) is 4.17. The molecule has 1 N–H and O–H groups in total. The number of pyridine rings is 1. The van der Waals surface area contributed by atoms with Crippen LogP contribution in [0, 0.1) is 0 Å². The summed E-state index contributed by atoms with van der Waals surface area (Å²) in [6.07, 6.45) is 3.50. The van der Waals surface area contributed by atoms with E-state index in [1.54, 1.807) is 13.3 Å². The highest BCUT2D eigenvalue weighted by atomic mass is 16.5. The number of carbonyl (C=O) groups excluding carboxylic acids is 1. The second-order valence-electron chi connectivity index (χ2n) is 6.56. The van der Waals surface area contributed by atoms with Crippen LogP contribution in [0.4, 0.5) is 5.82 Å². The van der Waals surface area contributed by atoms with Crippen LogP contribution < -0.4 is 10.1 Å². The fourth-order valence-electron chi connectivity index (χ4n) is 3.19. The number of nitrogens with zero attached hydrogens (tertiary/aromatic N) is 1. The molecule has 0 radical (unpaired) electrons. The number of amides is 1. The highest BCUT2D eigenvalue weighted by Crippen LogP contribution is 2.49. The molecule has 4 rings (SSSR count). The first-order valence-corrected chi connectivity index (χ1v) is 8.69. The fourth-order valence-corrected chi connectivity index (χ4v) is 3.19. The Morgan fingerprint density at radius 1 is 0.962 bits per heavy atom. The molecule has 1 aromatic heterocycles. The summed E-state index contributed by atoms with van der Waals surface area (Å²) >= 11 is 0. The van der Waals surface area contributed by atoms with Crippen LogP contribution in [0.25, 0.3) is 11.1 Å². The van der Waals surface area contributed by atoms with Gasteiger partial charge in [0.1, 0.15) is 11.6 Å². The van der Waals surface area contributed by atoms with Crippen LogP contribution in [0.5, 0.6) is 5.75 Å². The standard InChI is InChI=1S/C22H20N2O2/c1-26-19-10-8-18(9-11-19)22(13-14-22)21(25)24-20-12-7-17(15-23-20)16-5-3-2-4-6-16/h2-12,15H,13-14H2,1H3,(H,23,24,25). The van der Waals surface area contributed by atoms with Gasteiger partial charge in [-0.1, -0.05) is 42.5 Å². The van der Waals surface area contributed by atoms with Gasteiger partial charge < -0.3 is 10.1 Å². The number of carbonyl (C=O) groups is 1. The number of benzene rings is 2. The largest absolute Gasteiger partial charge is 0.497 e. The lowest BCUT2D eigenvalue weighted by Gasteiger charge is -2.16. The lowest BCUT2D eigenvalue weighted by molar-refractivity contribution is -0.118. The molecule has 1 fully saturated rings. The SMILES string of the molecule is COc1ccc(C2(C(=O)Nc3ccc(-c4ccccc4)cn3)CC2)cc1. The third kappa shape index (κ3) is 3.06. The molecular formula is C22H20N2O2. The molecule has 1 amide bonds. The Bertz CT molecular complexity index is 899. The van der Waals surface area contributed by atoms with Crippen LogP contribution in [0.1, 0.15) is 18.4 Å². The van der Waals surface area contributed by atoms with E-state index < -0.39 is 5.41 Å². The van der Waals surface area contributed by atoms with E-state index in [1.165, 1.54) is 0 Å². The highest BCUT2D eigenvalue weighted by molar-refractivity contribution is 6.00. The maximum absolute atomic E-state index is 12.8. The first-order valence-electron chi connectivity index (χ1n) is 8.69. The normalized spacial score (nSPS) is 14.5. The summed E-state index contributed by atoms with van der Waals surface area (Å²) in [5.74, 6) is 1.38. The van der Waals surface area contributed by atoms with Gasteiger partial charge in [-0.25, -0.2) is 4.98 Å². The quantitative estimate of drug-likeness (QED) is 0.745. The zero-order valence-corrected chi connectivity index (χ0v) is 14.6. The molecule has 26 heavy (non-hydrogen) atoms. The number of methoxy groups -OCH3 is 1. The van der Waals surface area contributed by atoms with Crippen LogP contribution in [-0.4, -0.2) is 18.0 Å². The summed E-state index contributed by atoms with van der Waals surface area (Å²) in [4.78, 5) is 17.2. The van der Waals surface area contributed by atoms with Gasteiger partial charge in [-0.05, 0) is 48.2 Å². The van der Waals surface area contributed by atoms with Crippen molar-refractivity contribution < 1.29 is 9.53 Å². The molecule has 0 atom stereocenters. The predicted octanol–water partition coefficient (Wildman–Crippen LogP) is 4.43. The van der Waals surface area contributed by atoms with Crippen molar-refractivity contribution in [2.75, 3.05) is 12.4 Å². The van der Waals surface area contributed by atoms with Crippen molar-refractivity contribution in [3.05, 3.63) is 78.5 Å². The molecule has 0 aliphatic heterocycles. The van der Waals surface area contributed by atoms with E-state index in [9.17, 15) is 4.79 Å². The first-order chi connectivity index (χ1) is 12.7. The average Bonchev–Trinajstić information content (AvgIpc) is 3.51. The van der Waals surface area contributed by atoms with Crippen molar-refractivity contribution >= 4 is 11.7 Å². The van der Waals surface area contributed by atoms with E-state index in [0.29, 0.717) is 5.82 Å². The molecule has 1 aliphatic carbocycles. The van der Waals surface area contributed by atoms with E-state index in [2.05, 4.69) is 10.3 Å². The second kappa shape index (κ2) is 6.64. The van der Waals surface area contributed by atoms with Crippen molar-refractivity contribution in [3.8, 4) is 16.9 Å². The predicted molar refractivity (Wildman–Crippen MR) is 102 cm³/mol. The molecule has 1 aliphatic rings. The molecule has 0 saturated heterocycles. The average molecular weight is 344 g/mol. The summed E-state index contributed by atoms with van der Waals surface area (Å²) in [5, 5.41) is 2.97. The molecule has 0 unspecified atom stereocenters. The third-order valence-electron chi connectivity index (χ3n) is 4.94. The van der Waals surface area contributed by atoms with E-state index in [4.69, 9.17) is 4.74 Å². The molecule has 2 aromatic carbocycles. The number of hydrogen-bond acceptors (Lipinski definition) is 3. The topological polar surface area (TPSA) is 51.2 Å². The fraction of sp³-hybridized carbons (Fsp3) is 0.182. The molecule has 0 spiro atoms. The van der Waals surface area contributed by atoms with Crippen LogP contribution in [-0.2, 0) is 10.2 Å². The Morgan fingerprint density at radius 2 is 1.69 bits per heavy atom. The summed E-state index contributed by atoms with van der Waals surface area (Å²) in [6, 6.07) is 21.6. The number of nitrogens with one attached hydrogen (secondary N) is 1. The van der Waals surface area contributed by atoms with Gasteiger partial charge in [0.05, 0.1) is 12.5 Å². The molecule has 130 valence electrons. The van der Waals surface area contributed by atoms with Crippen LogP contribution in [0.2, 0.25) is 0 Å². The maximum atomic E-state index is 12.8.